The Kier molecular flexibility index (Phi) is 9.88. The number of aromatic nitrogens is 2. The topological polar surface area (TPSA) is 9.86 Å². The van der Waals surface area contributed by atoms with E-state index in [1.165, 1.54) is 86.7 Å². The molecule has 0 aliphatic heterocycles. The lowest BCUT2D eigenvalue weighted by molar-refractivity contribution is 1.13. The zero-order valence-corrected chi connectivity index (χ0v) is 39.0. The van der Waals surface area contributed by atoms with Crippen molar-refractivity contribution < 1.29 is 0 Å². The molecule has 0 saturated carbocycles. The lowest BCUT2D eigenvalue weighted by atomic mass is 9.97. The number of nitrogens with zero attached hydrogens (tertiary/aromatic N) is 2. The second kappa shape index (κ2) is 16.8. The Hall–Kier alpha value is -8.76. The van der Waals surface area contributed by atoms with Crippen molar-refractivity contribution in [3.8, 4) is 44.8 Å². The first-order valence-electron chi connectivity index (χ1n) is 23.9. The Morgan fingerprint density at radius 2 is 0.667 bits per heavy atom. The molecular weight excluding hydrogens is 849 g/mol. The highest BCUT2D eigenvalue weighted by Crippen LogP contribution is 2.44. The van der Waals surface area contributed by atoms with E-state index in [0.29, 0.717) is 0 Å². The lowest BCUT2D eigenvalue weighted by Crippen LogP contribution is -2.75. The van der Waals surface area contributed by atoms with Crippen LogP contribution in [0.15, 0.2) is 279 Å². The maximum atomic E-state index is 2.60. The molecule has 11 aromatic carbocycles. The molecule has 0 saturated heterocycles. The van der Waals surface area contributed by atoms with Crippen LogP contribution in [0, 0.1) is 0 Å². The van der Waals surface area contributed by atoms with E-state index >= 15 is 0 Å². The van der Waals surface area contributed by atoms with Crippen LogP contribution in [0.25, 0.3) is 88.4 Å². The summed E-state index contributed by atoms with van der Waals surface area (Å²) in [7, 11) is -3.23. The van der Waals surface area contributed by atoms with E-state index in [4.69, 9.17) is 0 Å². The summed E-state index contributed by atoms with van der Waals surface area (Å²) < 4.78 is 5.12. The quantitative estimate of drug-likeness (QED) is 0.101. The molecule has 0 aliphatic carbocycles. The summed E-state index contributed by atoms with van der Waals surface area (Å²) in [4.78, 5) is 0. The van der Waals surface area contributed by atoms with Crippen molar-refractivity contribution in [3.05, 3.63) is 279 Å². The van der Waals surface area contributed by atoms with Crippen molar-refractivity contribution in [1.82, 2.24) is 9.13 Å². The molecule has 0 radical (unpaired) electrons. The van der Waals surface area contributed by atoms with Crippen LogP contribution in [0.2, 0.25) is 0 Å². The molecule has 69 heavy (non-hydrogen) atoms. The first-order chi connectivity index (χ1) is 34.3. The van der Waals surface area contributed by atoms with Gasteiger partial charge in [0.15, 0.2) is 8.07 Å². The van der Waals surface area contributed by atoms with Crippen LogP contribution >= 0.6 is 0 Å². The van der Waals surface area contributed by atoms with Crippen LogP contribution in [0.5, 0.6) is 0 Å². The van der Waals surface area contributed by atoms with Gasteiger partial charge < -0.3 is 9.13 Å². The molecule has 0 fully saturated rings. The molecule has 0 atom stereocenters. The van der Waals surface area contributed by atoms with E-state index in [9.17, 15) is 0 Å². The monoisotopic (exact) mass is 894 g/mol. The number of fused-ring (bicyclic) bond motifs is 6. The smallest absolute Gasteiger partial charge is 0.180 e. The van der Waals surface area contributed by atoms with Crippen molar-refractivity contribution in [1.29, 1.82) is 0 Å². The number of hydrogen-bond donors (Lipinski definition) is 0. The van der Waals surface area contributed by atoms with Gasteiger partial charge in [0, 0.05) is 27.1 Å². The Balaban J connectivity index is 1.28. The summed E-state index contributed by atoms with van der Waals surface area (Å²) in [6.07, 6.45) is 0. The molecule has 3 heteroatoms. The minimum Gasteiger partial charge on any atom is -0.307 e. The number of para-hydroxylation sites is 3. The first-order valence-corrected chi connectivity index (χ1v) is 25.9. The predicted octanol–water partition coefficient (Wildman–Crippen LogP) is 14.3. The molecule has 0 spiro atoms. The van der Waals surface area contributed by atoms with Crippen molar-refractivity contribution in [2.45, 2.75) is 0 Å². The fraction of sp³-hybridized carbons (Fsp3) is 0. The molecule has 0 N–H and O–H groups in total. The highest BCUT2D eigenvalue weighted by molar-refractivity contribution is 7.21. The van der Waals surface area contributed by atoms with Gasteiger partial charge in [-0.2, -0.15) is 0 Å². The van der Waals surface area contributed by atoms with E-state index in [2.05, 4.69) is 288 Å². The zero-order chi connectivity index (χ0) is 45.7. The second-order valence-corrected chi connectivity index (χ2v) is 21.6. The Labute approximate surface area is 403 Å². The molecule has 13 aromatic rings. The minimum absolute atomic E-state index is 1.13. The lowest BCUT2D eigenvalue weighted by Gasteiger charge is -2.37. The molecule has 0 amide bonds. The van der Waals surface area contributed by atoms with Gasteiger partial charge in [0.2, 0.25) is 0 Å². The van der Waals surface area contributed by atoms with Gasteiger partial charge >= 0.3 is 0 Å². The summed E-state index contributed by atoms with van der Waals surface area (Å²) in [6, 6.07) is 104. The van der Waals surface area contributed by atoms with E-state index in [0.717, 1.165) is 22.4 Å². The Morgan fingerprint density at radius 3 is 1.28 bits per heavy atom. The third-order valence-electron chi connectivity index (χ3n) is 14.3. The van der Waals surface area contributed by atoms with Crippen molar-refractivity contribution in [2.24, 2.45) is 0 Å². The first kappa shape index (κ1) is 40.5. The highest BCUT2D eigenvalue weighted by Gasteiger charge is 2.45. The fourth-order valence-electron chi connectivity index (χ4n) is 11.5. The van der Waals surface area contributed by atoms with E-state index in [1.807, 2.05) is 0 Å². The molecule has 0 aliphatic rings. The van der Waals surface area contributed by atoms with Gasteiger partial charge in [-0.3, -0.25) is 0 Å². The van der Waals surface area contributed by atoms with Gasteiger partial charge in [-0.15, -0.1) is 0 Å². The normalized spacial score (nSPS) is 11.8. The van der Waals surface area contributed by atoms with Gasteiger partial charge in [-0.1, -0.05) is 249 Å². The van der Waals surface area contributed by atoms with Crippen molar-refractivity contribution >= 4 is 72.4 Å². The van der Waals surface area contributed by atoms with Crippen LogP contribution < -0.4 is 20.7 Å². The summed E-state index contributed by atoms with van der Waals surface area (Å²) >= 11 is 0. The highest BCUT2D eigenvalue weighted by atomic mass is 28.3. The van der Waals surface area contributed by atoms with Gasteiger partial charge in [0.1, 0.15) is 0 Å². The molecule has 2 heterocycles. The average Bonchev–Trinajstić information content (AvgIpc) is 3.96. The molecule has 0 bridgehead atoms. The summed E-state index contributed by atoms with van der Waals surface area (Å²) in [5, 5.41) is 10.3. The number of benzene rings is 11. The molecule has 13 rings (SSSR count). The standard InChI is InChI=1S/C66H46N2Si/c1-7-25-47(26-8-1)53-37-19-21-41-58(53)68-59-42-22-20-38-56(59)57-40-24-44-62(65(57)68)67-60-43-23-39-54(48-27-9-2-10-28-48)63(60)64-61(67)46-45-55(49-29-11-3-12-30-49)66(64)69(50-31-13-4-14-32-50,51-33-15-5-16-34-51)52-35-17-6-18-36-52/h1-46H. The Morgan fingerprint density at radius 1 is 0.246 bits per heavy atom. The largest absolute Gasteiger partial charge is 0.307 e. The number of rotatable bonds is 9. The van der Waals surface area contributed by atoms with E-state index in [1.54, 1.807) is 0 Å². The SMILES string of the molecule is c1ccc(-c2ccccc2-n2c3ccccc3c3cccc(-n4c5cccc(-c6ccccc6)c5c5c([Si](c6ccccc6)(c6ccccc6)c6ccccc6)c(-c6ccccc6)ccc54)c32)cc1. The van der Waals surface area contributed by atoms with E-state index < -0.39 is 8.07 Å². The zero-order valence-electron chi connectivity index (χ0n) is 38.0. The third kappa shape index (κ3) is 6.39. The van der Waals surface area contributed by atoms with Gasteiger partial charge in [-0.25, -0.2) is 0 Å². The van der Waals surface area contributed by atoms with Crippen LogP contribution in [0.1, 0.15) is 0 Å². The molecule has 2 nitrogen and oxygen atoms in total. The van der Waals surface area contributed by atoms with Crippen molar-refractivity contribution in [3.63, 3.8) is 0 Å². The Bertz CT molecular complexity index is 3880. The molecule has 324 valence electrons. The second-order valence-electron chi connectivity index (χ2n) is 17.9. The maximum absolute atomic E-state index is 3.23. The molecule has 2 aromatic heterocycles. The molecular formula is C66H46N2Si. The predicted molar refractivity (Wildman–Crippen MR) is 295 cm³/mol. The fourth-order valence-corrected chi connectivity index (χ4v) is 16.7. The summed E-state index contributed by atoms with van der Waals surface area (Å²) in [5.41, 5.74) is 14.2. The van der Waals surface area contributed by atoms with Gasteiger partial charge in [0.25, 0.3) is 0 Å². The average molecular weight is 895 g/mol. The van der Waals surface area contributed by atoms with Gasteiger partial charge in [-0.05, 0) is 78.9 Å². The van der Waals surface area contributed by atoms with Crippen LogP contribution in [-0.2, 0) is 0 Å². The maximum Gasteiger partial charge on any atom is 0.180 e. The van der Waals surface area contributed by atoms with E-state index in [-0.39, 0.29) is 0 Å². The number of hydrogen-bond acceptors (Lipinski definition) is 0. The van der Waals surface area contributed by atoms with Gasteiger partial charge in [0.05, 0.1) is 33.4 Å². The van der Waals surface area contributed by atoms with Crippen molar-refractivity contribution in [2.75, 3.05) is 0 Å². The third-order valence-corrected chi connectivity index (χ3v) is 19.1. The van der Waals surface area contributed by atoms with Crippen LogP contribution in [-0.4, -0.2) is 17.2 Å². The summed E-state index contributed by atoms with van der Waals surface area (Å²) in [5.74, 6) is 0. The van der Waals surface area contributed by atoms with Crippen LogP contribution in [0.4, 0.5) is 0 Å². The summed E-state index contributed by atoms with van der Waals surface area (Å²) in [6.45, 7) is 0. The minimum atomic E-state index is -3.23. The van der Waals surface area contributed by atoms with Crippen LogP contribution in [0.3, 0.4) is 0 Å². The molecule has 0 unspecified atom stereocenters.